The summed E-state index contributed by atoms with van der Waals surface area (Å²) in [6.45, 7) is 4.11. The first-order chi connectivity index (χ1) is 11.2. The second kappa shape index (κ2) is 6.52. The fraction of sp³-hybridized carbons (Fsp3) is 0.222. The molecular formula is C18H17NO4. The van der Waals surface area contributed by atoms with Gasteiger partial charge < -0.3 is 13.6 Å². The Balaban J connectivity index is 1.99. The third kappa shape index (κ3) is 3.34. The van der Waals surface area contributed by atoms with E-state index in [-0.39, 0.29) is 12.4 Å². The number of nitrogens with zero attached hydrogens (tertiary/aromatic N) is 1. The summed E-state index contributed by atoms with van der Waals surface area (Å²) in [6.07, 6.45) is 1.59. The summed E-state index contributed by atoms with van der Waals surface area (Å²) in [6, 6.07) is 11.4. The maximum Gasteiger partial charge on any atom is 0.312 e. The van der Waals surface area contributed by atoms with Gasteiger partial charge in [0, 0.05) is 5.56 Å². The highest BCUT2D eigenvalue weighted by Crippen LogP contribution is 2.30. The van der Waals surface area contributed by atoms with Crippen LogP contribution in [0.5, 0.6) is 0 Å². The predicted octanol–water partition coefficient (Wildman–Crippen LogP) is 4.02. The van der Waals surface area contributed by atoms with Crippen molar-refractivity contribution in [3.05, 3.63) is 53.9 Å². The zero-order chi connectivity index (χ0) is 16.2. The van der Waals surface area contributed by atoms with E-state index in [4.69, 9.17) is 13.6 Å². The number of oxazole rings is 1. The molecule has 0 bridgehead atoms. The van der Waals surface area contributed by atoms with Crippen LogP contribution in [0, 0.1) is 6.92 Å². The topological polar surface area (TPSA) is 65.5 Å². The van der Waals surface area contributed by atoms with Gasteiger partial charge in [-0.15, -0.1) is 0 Å². The van der Waals surface area contributed by atoms with E-state index in [1.54, 1.807) is 25.3 Å². The fourth-order valence-electron chi connectivity index (χ4n) is 2.24. The predicted molar refractivity (Wildman–Crippen MR) is 84.7 cm³/mol. The Hall–Kier alpha value is -2.82. The number of benzene rings is 1. The Labute approximate surface area is 133 Å². The molecule has 0 amide bonds. The van der Waals surface area contributed by atoms with Crippen molar-refractivity contribution < 1.29 is 18.4 Å². The zero-order valence-electron chi connectivity index (χ0n) is 13.0. The lowest BCUT2D eigenvalue weighted by molar-refractivity contribution is -0.142. The number of ether oxygens (including phenoxy) is 1. The first kappa shape index (κ1) is 15.1. The lowest BCUT2D eigenvalue weighted by Gasteiger charge is -1.99. The van der Waals surface area contributed by atoms with E-state index in [1.807, 2.05) is 31.2 Å². The molecule has 3 aromatic rings. The normalized spacial score (nSPS) is 10.7. The molecule has 0 aliphatic heterocycles. The summed E-state index contributed by atoms with van der Waals surface area (Å²) in [4.78, 5) is 16.3. The van der Waals surface area contributed by atoms with E-state index >= 15 is 0 Å². The number of hydrogen-bond acceptors (Lipinski definition) is 5. The molecule has 2 aromatic heterocycles. The van der Waals surface area contributed by atoms with Crippen LogP contribution in [0.2, 0.25) is 0 Å². The van der Waals surface area contributed by atoms with Crippen molar-refractivity contribution in [3.63, 3.8) is 0 Å². The van der Waals surface area contributed by atoms with Crippen LogP contribution < -0.4 is 0 Å². The van der Waals surface area contributed by atoms with E-state index < -0.39 is 0 Å². The van der Waals surface area contributed by atoms with Crippen molar-refractivity contribution in [2.75, 3.05) is 6.61 Å². The van der Waals surface area contributed by atoms with Crippen LogP contribution in [0.15, 0.2) is 51.5 Å². The molecule has 0 unspecified atom stereocenters. The standard InChI is InChI=1S/C18H17NO4/c1-3-21-16(20)11-14-17(15-5-4-10-22-15)23-18(19-14)13-8-6-12(2)7-9-13/h4-10H,3,11H2,1-2H3. The zero-order valence-corrected chi connectivity index (χ0v) is 13.0. The Morgan fingerprint density at radius 3 is 2.65 bits per heavy atom. The average molecular weight is 311 g/mol. The van der Waals surface area contributed by atoms with Gasteiger partial charge in [-0.05, 0) is 38.1 Å². The third-order valence-electron chi connectivity index (χ3n) is 3.36. The van der Waals surface area contributed by atoms with Gasteiger partial charge in [-0.3, -0.25) is 4.79 Å². The average Bonchev–Trinajstić information content (AvgIpc) is 3.17. The van der Waals surface area contributed by atoms with E-state index in [1.165, 1.54) is 0 Å². The van der Waals surface area contributed by atoms with Gasteiger partial charge in [0.2, 0.25) is 5.89 Å². The molecule has 0 fully saturated rings. The van der Waals surface area contributed by atoms with Crippen LogP contribution in [0.1, 0.15) is 18.2 Å². The highest BCUT2D eigenvalue weighted by atomic mass is 16.5. The SMILES string of the molecule is CCOC(=O)Cc1nc(-c2ccc(C)cc2)oc1-c1ccco1. The highest BCUT2D eigenvalue weighted by molar-refractivity contribution is 5.75. The molecule has 0 saturated heterocycles. The van der Waals surface area contributed by atoms with Gasteiger partial charge in [-0.2, -0.15) is 0 Å². The number of esters is 1. The molecular weight excluding hydrogens is 294 g/mol. The smallest absolute Gasteiger partial charge is 0.312 e. The first-order valence-corrected chi connectivity index (χ1v) is 7.43. The quantitative estimate of drug-likeness (QED) is 0.666. The molecule has 23 heavy (non-hydrogen) atoms. The molecule has 0 saturated carbocycles. The van der Waals surface area contributed by atoms with Crippen molar-refractivity contribution in [2.24, 2.45) is 0 Å². The second-order valence-electron chi connectivity index (χ2n) is 5.12. The van der Waals surface area contributed by atoms with E-state index in [9.17, 15) is 4.79 Å². The number of carbonyl (C=O) groups is 1. The largest absolute Gasteiger partial charge is 0.466 e. The fourth-order valence-corrected chi connectivity index (χ4v) is 2.24. The summed E-state index contributed by atoms with van der Waals surface area (Å²) in [7, 11) is 0. The van der Waals surface area contributed by atoms with Crippen LogP contribution in [0.25, 0.3) is 23.0 Å². The van der Waals surface area contributed by atoms with Crippen LogP contribution >= 0.6 is 0 Å². The summed E-state index contributed by atoms with van der Waals surface area (Å²) in [5, 5.41) is 0. The van der Waals surface area contributed by atoms with Crippen molar-refractivity contribution in [1.82, 2.24) is 4.98 Å². The summed E-state index contributed by atoms with van der Waals surface area (Å²) in [5.74, 6) is 1.11. The third-order valence-corrected chi connectivity index (χ3v) is 3.36. The Bertz CT molecular complexity index is 785. The van der Waals surface area contributed by atoms with Gasteiger partial charge in [0.1, 0.15) is 5.69 Å². The van der Waals surface area contributed by atoms with Crippen LogP contribution in [-0.4, -0.2) is 17.6 Å². The molecule has 0 N–H and O–H groups in total. The Morgan fingerprint density at radius 1 is 1.22 bits per heavy atom. The van der Waals surface area contributed by atoms with Crippen LogP contribution in [-0.2, 0) is 16.0 Å². The van der Waals surface area contributed by atoms with Crippen molar-refractivity contribution in [3.8, 4) is 23.0 Å². The van der Waals surface area contributed by atoms with Crippen LogP contribution in [0.4, 0.5) is 0 Å². The Morgan fingerprint density at radius 2 is 2.00 bits per heavy atom. The maximum absolute atomic E-state index is 11.8. The number of hydrogen-bond donors (Lipinski definition) is 0. The number of aryl methyl sites for hydroxylation is 1. The van der Waals surface area contributed by atoms with Gasteiger partial charge in [-0.1, -0.05) is 17.7 Å². The molecule has 2 heterocycles. The number of carbonyl (C=O) groups excluding carboxylic acids is 1. The molecule has 0 radical (unpaired) electrons. The molecule has 5 nitrogen and oxygen atoms in total. The van der Waals surface area contributed by atoms with E-state index in [0.29, 0.717) is 29.7 Å². The molecule has 0 atom stereocenters. The van der Waals surface area contributed by atoms with Gasteiger partial charge in [0.15, 0.2) is 11.5 Å². The molecule has 0 spiro atoms. The van der Waals surface area contributed by atoms with Gasteiger partial charge in [0.05, 0.1) is 19.3 Å². The monoisotopic (exact) mass is 311 g/mol. The minimum absolute atomic E-state index is 0.0409. The van der Waals surface area contributed by atoms with Crippen LogP contribution in [0.3, 0.4) is 0 Å². The van der Waals surface area contributed by atoms with Gasteiger partial charge in [-0.25, -0.2) is 4.98 Å². The second-order valence-corrected chi connectivity index (χ2v) is 5.12. The molecule has 0 aliphatic carbocycles. The molecule has 118 valence electrons. The summed E-state index contributed by atoms with van der Waals surface area (Å²) in [5.41, 5.74) is 2.51. The molecule has 0 aliphatic rings. The van der Waals surface area contributed by atoms with E-state index in [2.05, 4.69) is 4.98 Å². The molecule has 3 rings (SSSR count). The lowest BCUT2D eigenvalue weighted by Crippen LogP contribution is -2.08. The number of rotatable bonds is 5. The van der Waals surface area contributed by atoms with E-state index in [0.717, 1.165) is 11.1 Å². The van der Waals surface area contributed by atoms with Gasteiger partial charge in [0.25, 0.3) is 0 Å². The minimum atomic E-state index is -0.343. The van der Waals surface area contributed by atoms with Crippen molar-refractivity contribution >= 4 is 5.97 Å². The molecule has 1 aromatic carbocycles. The summed E-state index contributed by atoms with van der Waals surface area (Å²) < 4.78 is 16.2. The maximum atomic E-state index is 11.8. The van der Waals surface area contributed by atoms with Crippen molar-refractivity contribution in [1.29, 1.82) is 0 Å². The van der Waals surface area contributed by atoms with Gasteiger partial charge >= 0.3 is 5.97 Å². The lowest BCUT2D eigenvalue weighted by atomic mass is 10.1. The summed E-state index contributed by atoms with van der Waals surface area (Å²) >= 11 is 0. The number of aromatic nitrogens is 1. The Kier molecular flexibility index (Phi) is 4.28. The number of furan rings is 1. The minimum Gasteiger partial charge on any atom is -0.466 e. The highest BCUT2D eigenvalue weighted by Gasteiger charge is 2.21. The first-order valence-electron chi connectivity index (χ1n) is 7.43. The molecule has 5 heteroatoms. The van der Waals surface area contributed by atoms with Crippen molar-refractivity contribution in [2.45, 2.75) is 20.3 Å².